The Labute approximate surface area is 124 Å². The molecule has 1 aliphatic heterocycles. The Hall–Kier alpha value is -0.540. The number of aliphatic hydroxyl groups excluding tert-OH is 1. The van der Waals surface area contributed by atoms with E-state index in [1.807, 2.05) is 0 Å². The predicted molar refractivity (Wildman–Crippen MR) is 82.7 cm³/mol. The van der Waals surface area contributed by atoms with Gasteiger partial charge in [-0.05, 0) is 12.8 Å². The standard InChI is InChI=1S/C17H32O3/c1-3-5-6-7-8-9-10-11-12-13-16(19-4-2)17(14-18)15-20-17/h4,16,18H,2-3,5-15H2,1H3/t16?,17-/m1/s1. The van der Waals surface area contributed by atoms with Crippen molar-refractivity contribution < 1.29 is 14.6 Å². The Morgan fingerprint density at radius 3 is 2.15 bits per heavy atom. The van der Waals surface area contributed by atoms with Gasteiger partial charge < -0.3 is 14.6 Å². The number of unbranched alkanes of at least 4 members (excludes halogenated alkanes) is 8. The van der Waals surface area contributed by atoms with Gasteiger partial charge in [-0.15, -0.1) is 0 Å². The van der Waals surface area contributed by atoms with Crippen LogP contribution < -0.4 is 0 Å². The van der Waals surface area contributed by atoms with Gasteiger partial charge in [-0.3, -0.25) is 0 Å². The number of hydrogen-bond donors (Lipinski definition) is 1. The Kier molecular flexibility index (Phi) is 8.95. The minimum Gasteiger partial charge on any atom is -0.495 e. The quantitative estimate of drug-likeness (QED) is 0.295. The summed E-state index contributed by atoms with van der Waals surface area (Å²) in [4.78, 5) is 0. The van der Waals surface area contributed by atoms with E-state index in [4.69, 9.17) is 9.47 Å². The Balaban J connectivity index is 2.00. The molecule has 1 unspecified atom stereocenters. The predicted octanol–water partition coefficient (Wildman–Crippen LogP) is 4.20. The molecule has 2 atom stereocenters. The Morgan fingerprint density at radius 1 is 1.15 bits per heavy atom. The van der Waals surface area contributed by atoms with Gasteiger partial charge in [0.05, 0.1) is 19.5 Å². The molecule has 0 aromatic heterocycles. The van der Waals surface area contributed by atoms with Crippen LogP contribution in [-0.4, -0.2) is 30.0 Å². The minimum atomic E-state index is -0.436. The molecule has 3 heteroatoms. The summed E-state index contributed by atoms with van der Waals surface area (Å²) in [6.07, 6.45) is 14.3. The van der Waals surface area contributed by atoms with Crippen molar-refractivity contribution in [1.82, 2.24) is 0 Å². The molecule has 0 amide bonds. The maximum Gasteiger partial charge on any atom is 0.151 e. The molecule has 0 bridgehead atoms. The maximum absolute atomic E-state index is 9.36. The van der Waals surface area contributed by atoms with E-state index in [0.717, 1.165) is 12.8 Å². The van der Waals surface area contributed by atoms with Crippen molar-refractivity contribution in [3.63, 3.8) is 0 Å². The zero-order chi connectivity index (χ0) is 14.7. The van der Waals surface area contributed by atoms with E-state index in [9.17, 15) is 5.11 Å². The summed E-state index contributed by atoms with van der Waals surface area (Å²) < 4.78 is 10.9. The number of ether oxygens (including phenoxy) is 2. The molecule has 1 heterocycles. The van der Waals surface area contributed by atoms with Crippen LogP contribution in [-0.2, 0) is 9.47 Å². The lowest BCUT2D eigenvalue weighted by molar-refractivity contribution is 0.0191. The summed E-state index contributed by atoms with van der Waals surface area (Å²) in [6, 6.07) is 0. The molecule has 0 radical (unpaired) electrons. The van der Waals surface area contributed by atoms with Crippen LogP contribution in [0.2, 0.25) is 0 Å². The van der Waals surface area contributed by atoms with E-state index in [1.165, 1.54) is 57.6 Å². The lowest BCUT2D eigenvalue weighted by Gasteiger charge is -2.21. The highest BCUT2D eigenvalue weighted by atomic mass is 16.6. The van der Waals surface area contributed by atoms with E-state index in [2.05, 4.69) is 13.5 Å². The number of hydrogen-bond acceptors (Lipinski definition) is 3. The number of epoxide rings is 1. The smallest absolute Gasteiger partial charge is 0.151 e. The van der Waals surface area contributed by atoms with Gasteiger partial charge in [0.2, 0.25) is 0 Å². The minimum absolute atomic E-state index is 0.0328. The average Bonchev–Trinajstić information content (AvgIpc) is 3.25. The Bertz CT molecular complexity index is 249. The van der Waals surface area contributed by atoms with Crippen LogP contribution >= 0.6 is 0 Å². The molecule has 3 nitrogen and oxygen atoms in total. The van der Waals surface area contributed by atoms with Gasteiger partial charge in [0, 0.05) is 0 Å². The molecule has 0 aromatic carbocycles. The van der Waals surface area contributed by atoms with Gasteiger partial charge in [-0.25, -0.2) is 0 Å². The Morgan fingerprint density at radius 2 is 1.70 bits per heavy atom. The fraction of sp³-hybridized carbons (Fsp3) is 0.882. The van der Waals surface area contributed by atoms with Crippen molar-refractivity contribution in [3.8, 4) is 0 Å². The first kappa shape index (κ1) is 17.5. The third-order valence-corrected chi connectivity index (χ3v) is 4.20. The van der Waals surface area contributed by atoms with Gasteiger partial charge in [0.15, 0.2) is 5.60 Å². The van der Waals surface area contributed by atoms with Crippen molar-refractivity contribution in [2.75, 3.05) is 13.2 Å². The maximum atomic E-state index is 9.36. The lowest BCUT2D eigenvalue weighted by atomic mass is 9.97. The lowest BCUT2D eigenvalue weighted by Crippen LogP contribution is -2.34. The molecule has 1 saturated heterocycles. The van der Waals surface area contributed by atoms with Gasteiger partial charge in [0.1, 0.15) is 6.10 Å². The van der Waals surface area contributed by atoms with Gasteiger partial charge in [0.25, 0.3) is 0 Å². The van der Waals surface area contributed by atoms with Crippen LogP contribution in [0.15, 0.2) is 12.8 Å². The first-order valence-corrected chi connectivity index (χ1v) is 8.30. The third-order valence-electron chi connectivity index (χ3n) is 4.20. The summed E-state index contributed by atoms with van der Waals surface area (Å²) >= 11 is 0. The summed E-state index contributed by atoms with van der Waals surface area (Å²) in [5, 5.41) is 9.36. The van der Waals surface area contributed by atoms with Crippen LogP contribution in [0.25, 0.3) is 0 Å². The van der Waals surface area contributed by atoms with E-state index in [-0.39, 0.29) is 12.7 Å². The normalized spacial score (nSPS) is 22.5. The van der Waals surface area contributed by atoms with Crippen LogP contribution in [0.1, 0.15) is 71.1 Å². The molecule has 1 aliphatic rings. The van der Waals surface area contributed by atoms with E-state index < -0.39 is 5.60 Å². The van der Waals surface area contributed by atoms with Crippen molar-refractivity contribution in [3.05, 3.63) is 12.8 Å². The van der Waals surface area contributed by atoms with Crippen molar-refractivity contribution >= 4 is 0 Å². The summed E-state index contributed by atoms with van der Waals surface area (Å²) in [5.74, 6) is 0. The molecule has 0 aromatic rings. The number of aliphatic hydroxyl groups is 1. The molecule has 1 N–H and O–H groups in total. The first-order valence-electron chi connectivity index (χ1n) is 8.30. The molecule has 118 valence electrons. The van der Waals surface area contributed by atoms with E-state index in [1.54, 1.807) is 0 Å². The number of rotatable bonds is 14. The zero-order valence-corrected chi connectivity index (χ0v) is 13.1. The summed E-state index contributed by atoms with van der Waals surface area (Å²) in [7, 11) is 0. The fourth-order valence-electron chi connectivity index (χ4n) is 2.68. The van der Waals surface area contributed by atoms with Crippen LogP contribution in [0.4, 0.5) is 0 Å². The molecule has 1 fully saturated rings. The second kappa shape index (κ2) is 10.2. The van der Waals surface area contributed by atoms with E-state index in [0.29, 0.717) is 6.61 Å². The molecular formula is C17H32O3. The second-order valence-corrected chi connectivity index (χ2v) is 5.92. The molecule has 0 saturated carbocycles. The third kappa shape index (κ3) is 6.27. The molecule has 0 spiro atoms. The van der Waals surface area contributed by atoms with Crippen molar-refractivity contribution in [1.29, 1.82) is 0 Å². The largest absolute Gasteiger partial charge is 0.495 e. The van der Waals surface area contributed by atoms with Gasteiger partial charge in [-0.1, -0.05) is 64.9 Å². The zero-order valence-electron chi connectivity index (χ0n) is 13.1. The molecule has 20 heavy (non-hydrogen) atoms. The molecule has 1 rings (SSSR count). The summed E-state index contributed by atoms with van der Waals surface area (Å²) in [5.41, 5.74) is -0.436. The van der Waals surface area contributed by atoms with Crippen molar-refractivity contribution in [2.45, 2.75) is 82.8 Å². The van der Waals surface area contributed by atoms with Gasteiger partial charge in [-0.2, -0.15) is 0 Å². The monoisotopic (exact) mass is 284 g/mol. The average molecular weight is 284 g/mol. The van der Waals surface area contributed by atoms with E-state index >= 15 is 0 Å². The second-order valence-electron chi connectivity index (χ2n) is 5.92. The SMILES string of the molecule is C=COC(CCCCCCCCCCC)[C@@]1(CO)CO1. The van der Waals surface area contributed by atoms with Crippen LogP contribution in [0.3, 0.4) is 0 Å². The van der Waals surface area contributed by atoms with Crippen LogP contribution in [0, 0.1) is 0 Å². The van der Waals surface area contributed by atoms with Crippen molar-refractivity contribution in [2.24, 2.45) is 0 Å². The fourth-order valence-corrected chi connectivity index (χ4v) is 2.68. The topological polar surface area (TPSA) is 42.0 Å². The molecular weight excluding hydrogens is 252 g/mol. The van der Waals surface area contributed by atoms with Crippen LogP contribution in [0.5, 0.6) is 0 Å². The highest BCUT2D eigenvalue weighted by molar-refractivity contribution is 4.99. The molecule has 0 aliphatic carbocycles. The highest BCUT2D eigenvalue weighted by Crippen LogP contribution is 2.35. The first-order chi connectivity index (χ1) is 9.79. The van der Waals surface area contributed by atoms with Gasteiger partial charge >= 0.3 is 0 Å². The summed E-state index contributed by atoms with van der Waals surface area (Å²) in [6.45, 7) is 6.52. The highest BCUT2D eigenvalue weighted by Gasteiger charge is 2.52.